The summed E-state index contributed by atoms with van der Waals surface area (Å²) in [7, 11) is 2.61. The van der Waals surface area contributed by atoms with Crippen LogP contribution in [0.1, 0.15) is 91.1 Å². The van der Waals surface area contributed by atoms with Gasteiger partial charge in [-0.05, 0) is 35.2 Å². The Morgan fingerprint density at radius 2 is 1.21 bits per heavy atom. The number of esters is 4. The molecule has 0 bridgehead atoms. The van der Waals surface area contributed by atoms with E-state index in [1.807, 2.05) is 0 Å². The molecule has 0 aromatic heterocycles. The number of carbonyl (C=O) groups excluding carboxylic acids is 4. The van der Waals surface area contributed by atoms with Crippen LogP contribution >= 0.6 is 0 Å². The molecular formula is C29H44O8Si. The van der Waals surface area contributed by atoms with Crippen LogP contribution in [0.15, 0.2) is 6.07 Å². The SMILES string of the molecule is CCCC[Si](CCCC)(CCCC)c1c2c(cc(C(=O)OC)c1C(=O)OC)CC(C(=O)OC)(C(=O)OC)C2. The summed E-state index contributed by atoms with van der Waals surface area (Å²) in [5.74, 6) is -2.62. The maximum atomic E-state index is 13.5. The van der Waals surface area contributed by atoms with Crippen LogP contribution in [0.25, 0.3) is 0 Å². The van der Waals surface area contributed by atoms with Gasteiger partial charge in [0.1, 0.15) is 0 Å². The van der Waals surface area contributed by atoms with E-state index in [1.54, 1.807) is 6.07 Å². The predicted octanol–water partition coefficient (Wildman–Crippen LogP) is 4.75. The molecule has 0 fully saturated rings. The van der Waals surface area contributed by atoms with Crippen molar-refractivity contribution in [2.45, 2.75) is 90.3 Å². The molecule has 0 atom stereocenters. The van der Waals surface area contributed by atoms with Gasteiger partial charge >= 0.3 is 23.9 Å². The van der Waals surface area contributed by atoms with E-state index < -0.39 is 37.4 Å². The summed E-state index contributed by atoms with van der Waals surface area (Å²) in [4.78, 5) is 52.9. The number of ether oxygens (including phenoxy) is 4. The first-order valence-corrected chi connectivity index (χ1v) is 16.3. The number of rotatable bonds is 14. The molecule has 2 rings (SSSR count). The Morgan fingerprint density at radius 3 is 1.61 bits per heavy atom. The van der Waals surface area contributed by atoms with Gasteiger partial charge in [0.25, 0.3) is 0 Å². The van der Waals surface area contributed by atoms with Crippen LogP contribution in [0.5, 0.6) is 0 Å². The largest absolute Gasteiger partial charge is 0.468 e. The lowest BCUT2D eigenvalue weighted by molar-refractivity contribution is -0.168. The lowest BCUT2D eigenvalue weighted by Crippen LogP contribution is -2.53. The van der Waals surface area contributed by atoms with Crippen LogP contribution in [0.3, 0.4) is 0 Å². The lowest BCUT2D eigenvalue weighted by atomic mass is 9.85. The van der Waals surface area contributed by atoms with Gasteiger partial charge in [-0.15, -0.1) is 0 Å². The third-order valence-corrected chi connectivity index (χ3v) is 13.5. The number of unbranched alkanes of at least 4 members (excludes halogenated alkanes) is 3. The monoisotopic (exact) mass is 548 g/mol. The lowest BCUT2D eigenvalue weighted by Gasteiger charge is -2.37. The zero-order chi connectivity index (χ0) is 28.5. The summed E-state index contributed by atoms with van der Waals surface area (Å²) >= 11 is 0. The Bertz CT molecular complexity index is 994. The van der Waals surface area contributed by atoms with Crippen molar-refractivity contribution in [2.75, 3.05) is 28.4 Å². The van der Waals surface area contributed by atoms with Gasteiger partial charge in [-0.3, -0.25) is 9.59 Å². The second-order valence-electron chi connectivity index (χ2n) is 10.3. The van der Waals surface area contributed by atoms with Crippen LogP contribution in [0.2, 0.25) is 18.1 Å². The van der Waals surface area contributed by atoms with Crippen LogP contribution < -0.4 is 5.19 Å². The van der Waals surface area contributed by atoms with Gasteiger partial charge in [-0.1, -0.05) is 77.4 Å². The highest BCUT2D eigenvalue weighted by Crippen LogP contribution is 2.43. The molecule has 1 aromatic carbocycles. The highest BCUT2D eigenvalue weighted by Gasteiger charge is 2.55. The zero-order valence-electron chi connectivity index (χ0n) is 24.1. The van der Waals surface area contributed by atoms with Crippen LogP contribution in [0, 0.1) is 5.41 Å². The molecule has 0 saturated carbocycles. The summed E-state index contributed by atoms with van der Waals surface area (Å²) < 4.78 is 20.6. The smallest absolute Gasteiger partial charge is 0.338 e. The molecule has 0 radical (unpaired) electrons. The molecule has 0 aliphatic heterocycles. The standard InChI is InChI=1S/C29H44O8Si/c1-8-11-14-38(15-12-9-2,16-13-10-3)24-22-19-29(27(32)36-6,28(33)37-7)18-20(22)17-21(25(30)34-4)23(24)26(31)35-5/h17H,8-16,18-19H2,1-7H3. The predicted molar refractivity (Wildman–Crippen MR) is 148 cm³/mol. The van der Waals surface area contributed by atoms with Crippen molar-refractivity contribution < 1.29 is 38.1 Å². The molecule has 1 aliphatic carbocycles. The Kier molecular flexibility index (Phi) is 11.5. The van der Waals surface area contributed by atoms with E-state index in [1.165, 1.54) is 28.4 Å². The van der Waals surface area contributed by atoms with Crippen molar-refractivity contribution in [1.82, 2.24) is 0 Å². The molecule has 38 heavy (non-hydrogen) atoms. The van der Waals surface area contributed by atoms with E-state index in [0.29, 0.717) is 5.56 Å². The minimum atomic E-state index is -2.47. The molecule has 212 valence electrons. The fourth-order valence-electron chi connectivity index (χ4n) is 6.06. The summed E-state index contributed by atoms with van der Waals surface area (Å²) in [6.07, 6.45) is 6.01. The van der Waals surface area contributed by atoms with Crippen molar-refractivity contribution >= 4 is 37.1 Å². The Morgan fingerprint density at radius 1 is 0.737 bits per heavy atom. The first kappa shape index (κ1) is 31.5. The molecular weight excluding hydrogens is 504 g/mol. The van der Waals surface area contributed by atoms with Crippen molar-refractivity contribution in [3.63, 3.8) is 0 Å². The number of fused-ring (bicyclic) bond motifs is 1. The molecule has 9 heteroatoms. The van der Waals surface area contributed by atoms with Gasteiger partial charge in [0.2, 0.25) is 0 Å². The van der Waals surface area contributed by atoms with Gasteiger partial charge in [0.05, 0.1) is 47.6 Å². The molecule has 1 aromatic rings. The van der Waals surface area contributed by atoms with Gasteiger partial charge in [-0.25, -0.2) is 9.59 Å². The fourth-order valence-corrected chi connectivity index (χ4v) is 12.3. The second kappa shape index (κ2) is 13.9. The fraction of sp³-hybridized carbons (Fsp3) is 0.655. The highest BCUT2D eigenvalue weighted by atomic mass is 28.3. The van der Waals surface area contributed by atoms with E-state index in [2.05, 4.69) is 20.8 Å². The summed E-state index contributed by atoms with van der Waals surface area (Å²) in [6, 6.07) is 4.42. The third kappa shape index (κ3) is 5.97. The molecule has 0 unspecified atom stereocenters. The van der Waals surface area contributed by atoms with Crippen LogP contribution in [-0.4, -0.2) is 60.4 Å². The van der Waals surface area contributed by atoms with Gasteiger partial charge in [0.15, 0.2) is 5.41 Å². The molecule has 1 aliphatic rings. The first-order valence-electron chi connectivity index (χ1n) is 13.7. The van der Waals surface area contributed by atoms with E-state index in [-0.39, 0.29) is 24.0 Å². The molecule has 0 saturated heterocycles. The minimum absolute atomic E-state index is 0.0277. The molecule has 0 spiro atoms. The van der Waals surface area contributed by atoms with Crippen LogP contribution in [0.4, 0.5) is 0 Å². The van der Waals surface area contributed by atoms with Crippen molar-refractivity contribution in [2.24, 2.45) is 5.41 Å². The van der Waals surface area contributed by atoms with E-state index in [4.69, 9.17) is 18.9 Å². The molecule has 8 nitrogen and oxygen atoms in total. The summed E-state index contributed by atoms with van der Waals surface area (Å²) in [5.41, 5.74) is 0.260. The zero-order valence-corrected chi connectivity index (χ0v) is 25.1. The molecule has 0 N–H and O–H groups in total. The average molecular weight is 549 g/mol. The Balaban J connectivity index is 3.08. The normalized spacial score (nSPS) is 14.0. The van der Waals surface area contributed by atoms with Crippen molar-refractivity contribution in [1.29, 1.82) is 0 Å². The van der Waals surface area contributed by atoms with E-state index in [0.717, 1.165) is 67.4 Å². The summed E-state index contributed by atoms with van der Waals surface area (Å²) in [6.45, 7) is 6.44. The summed E-state index contributed by atoms with van der Waals surface area (Å²) in [5, 5.41) is 0.854. The average Bonchev–Trinajstić information content (AvgIpc) is 3.34. The maximum Gasteiger partial charge on any atom is 0.338 e. The number of methoxy groups -OCH3 is 4. The maximum absolute atomic E-state index is 13.5. The van der Waals surface area contributed by atoms with Gasteiger partial charge < -0.3 is 18.9 Å². The van der Waals surface area contributed by atoms with Crippen molar-refractivity contribution in [3.05, 3.63) is 28.3 Å². The Labute approximate surface area is 227 Å². The van der Waals surface area contributed by atoms with E-state index >= 15 is 0 Å². The van der Waals surface area contributed by atoms with Gasteiger partial charge in [0, 0.05) is 0 Å². The topological polar surface area (TPSA) is 105 Å². The Hall–Kier alpha value is -2.68. The minimum Gasteiger partial charge on any atom is -0.468 e. The number of hydrogen-bond acceptors (Lipinski definition) is 8. The van der Waals surface area contributed by atoms with E-state index in [9.17, 15) is 19.2 Å². The first-order chi connectivity index (χ1) is 18.2. The number of hydrogen-bond donors (Lipinski definition) is 0. The quantitative estimate of drug-likeness (QED) is 0.142. The number of benzene rings is 1. The molecule has 0 amide bonds. The molecule has 0 heterocycles. The van der Waals surface area contributed by atoms with Crippen LogP contribution in [-0.2, 0) is 41.4 Å². The van der Waals surface area contributed by atoms with Crippen molar-refractivity contribution in [3.8, 4) is 0 Å². The third-order valence-electron chi connectivity index (χ3n) is 8.00. The highest BCUT2D eigenvalue weighted by molar-refractivity contribution is 6.93. The second-order valence-corrected chi connectivity index (χ2v) is 14.9. The number of carbonyl (C=O) groups is 4. The van der Waals surface area contributed by atoms with Gasteiger partial charge in [-0.2, -0.15) is 0 Å².